The molecular weight excluding hydrogens is 236 g/mol. The smallest absolute Gasteiger partial charge is 0.0858 e. The maximum Gasteiger partial charge on any atom is 0.0858 e. The second-order valence-corrected chi connectivity index (χ2v) is 5.39. The van der Waals surface area contributed by atoms with Crippen molar-refractivity contribution in [2.45, 2.75) is 32.4 Å². The minimum absolute atomic E-state index is 0.292. The van der Waals surface area contributed by atoms with Crippen molar-refractivity contribution in [1.82, 2.24) is 10.2 Å². The maximum atomic E-state index is 5.95. The van der Waals surface area contributed by atoms with Crippen LogP contribution in [-0.4, -0.2) is 50.3 Å². The zero-order valence-electron chi connectivity index (χ0n) is 12.4. The monoisotopic (exact) mass is 262 g/mol. The van der Waals surface area contributed by atoms with Crippen molar-refractivity contribution >= 4 is 0 Å². The highest BCUT2D eigenvalue weighted by Crippen LogP contribution is 2.14. The van der Waals surface area contributed by atoms with E-state index >= 15 is 0 Å². The number of ether oxygens (including phenoxy) is 1. The van der Waals surface area contributed by atoms with E-state index in [1.807, 2.05) is 7.05 Å². The molecule has 1 N–H and O–H groups in total. The number of nitrogens with zero attached hydrogens (tertiary/aromatic N) is 1. The number of hydrogen-bond donors (Lipinski definition) is 1. The molecule has 2 rings (SSSR count). The summed E-state index contributed by atoms with van der Waals surface area (Å²) in [6, 6.07) is 9.20. The number of benzene rings is 1. The summed E-state index contributed by atoms with van der Waals surface area (Å²) in [7, 11) is 2.03. The first kappa shape index (κ1) is 14.5. The molecule has 0 radical (unpaired) electrons. The summed E-state index contributed by atoms with van der Waals surface area (Å²) in [4.78, 5) is 2.47. The van der Waals surface area contributed by atoms with E-state index in [-0.39, 0.29) is 0 Å². The average Bonchev–Trinajstić information content (AvgIpc) is 2.46. The third-order valence-corrected chi connectivity index (χ3v) is 4.02. The summed E-state index contributed by atoms with van der Waals surface area (Å²) in [5.41, 5.74) is 2.69. The molecule has 2 unspecified atom stereocenters. The second kappa shape index (κ2) is 7.04. The van der Waals surface area contributed by atoms with Gasteiger partial charge in [0.2, 0.25) is 0 Å². The van der Waals surface area contributed by atoms with Crippen molar-refractivity contribution in [2.24, 2.45) is 0 Å². The van der Waals surface area contributed by atoms with E-state index in [1.54, 1.807) is 0 Å². The van der Waals surface area contributed by atoms with E-state index < -0.39 is 0 Å². The molecule has 0 amide bonds. The summed E-state index contributed by atoms with van der Waals surface area (Å²) < 4.78 is 5.95. The molecule has 0 saturated carbocycles. The molecular formula is C16H26N2O. The molecule has 0 bridgehead atoms. The second-order valence-electron chi connectivity index (χ2n) is 5.39. The Labute approximate surface area is 116 Å². The van der Waals surface area contributed by atoms with Crippen LogP contribution in [0.4, 0.5) is 0 Å². The van der Waals surface area contributed by atoms with Gasteiger partial charge in [-0.2, -0.15) is 0 Å². The Balaban J connectivity index is 1.97. The highest BCUT2D eigenvalue weighted by Gasteiger charge is 2.26. The van der Waals surface area contributed by atoms with Gasteiger partial charge in [-0.3, -0.25) is 4.90 Å². The minimum atomic E-state index is 0.292. The normalized spacial score (nSPS) is 22.4. The summed E-state index contributed by atoms with van der Waals surface area (Å²) in [5.74, 6) is 0. The molecule has 1 saturated heterocycles. The molecule has 1 fully saturated rings. The molecule has 2 atom stereocenters. The van der Waals surface area contributed by atoms with Gasteiger partial charge in [-0.1, -0.05) is 36.8 Å². The Hall–Kier alpha value is -0.900. The van der Waals surface area contributed by atoms with Gasteiger partial charge in [0.25, 0.3) is 0 Å². The van der Waals surface area contributed by atoms with Crippen LogP contribution in [0.1, 0.15) is 18.1 Å². The molecule has 1 heterocycles. The lowest BCUT2D eigenvalue weighted by molar-refractivity contribution is -0.0436. The average molecular weight is 262 g/mol. The Morgan fingerprint density at radius 2 is 2.11 bits per heavy atom. The number of nitrogens with one attached hydrogen (secondary N) is 1. The fourth-order valence-electron chi connectivity index (χ4n) is 2.66. The molecule has 106 valence electrons. The number of likely N-dealkylation sites (N-methyl/N-ethyl adjacent to an activating group) is 2. The van der Waals surface area contributed by atoms with Crippen LogP contribution < -0.4 is 5.32 Å². The van der Waals surface area contributed by atoms with E-state index in [9.17, 15) is 0 Å². The SMILES string of the molecule is CCN1CCOC(C(Cc2ccc(C)cc2)NC)C1. The Morgan fingerprint density at radius 1 is 1.37 bits per heavy atom. The molecule has 0 aromatic heterocycles. The molecule has 1 aliphatic rings. The van der Waals surface area contributed by atoms with Crippen LogP contribution in [0.2, 0.25) is 0 Å². The van der Waals surface area contributed by atoms with Crippen LogP contribution in [0.25, 0.3) is 0 Å². The number of aryl methyl sites for hydroxylation is 1. The fraction of sp³-hybridized carbons (Fsp3) is 0.625. The minimum Gasteiger partial charge on any atom is -0.374 e. The first-order chi connectivity index (χ1) is 9.22. The zero-order chi connectivity index (χ0) is 13.7. The van der Waals surface area contributed by atoms with Crippen LogP contribution in [-0.2, 0) is 11.2 Å². The van der Waals surface area contributed by atoms with Crippen LogP contribution in [0.15, 0.2) is 24.3 Å². The first-order valence-electron chi connectivity index (χ1n) is 7.29. The van der Waals surface area contributed by atoms with Gasteiger partial charge in [0.1, 0.15) is 0 Å². The van der Waals surface area contributed by atoms with Gasteiger partial charge in [-0.05, 0) is 32.5 Å². The lowest BCUT2D eigenvalue weighted by atomic mass is 9.99. The number of rotatable bonds is 5. The number of morpholine rings is 1. The maximum absolute atomic E-state index is 5.95. The van der Waals surface area contributed by atoms with Crippen LogP contribution in [0, 0.1) is 6.92 Å². The highest BCUT2D eigenvalue weighted by molar-refractivity contribution is 5.22. The van der Waals surface area contributed by atoms with Crippen molar-refractivity contribution in [2.75, 3.05) is 33.3 Å². The number of hydrogen-bond acceptors (Lipinski definition) is 3. The topological polar surface area (TPSA) is 24.5 Å². The predicted octanol–water partition coefficient (Wildman–Crippen LogP) is 1.85. The summed E-state index contributed by atoms with van der Waals surface area (Å²) in [5, 5.41) is 3.43. The summed E-state index contributed by atoms with van der Waals surface area (Å²) in [6.07, 6.45) is 1.32. The van der Waals surface area contributed by atoms with E-state index in [0.717, 1.165) is 32.7 Å². The zero-order valence-corrected chi connectivity index (χ0v) is 12.4. The Kier molecular flexibility index (Phi) is 5.37. The van der Waals surface area contributed by atoms with Gasteiger partial charge in [-0.15, -0.1) is 0 Å². The van der Waals surface area contributed by atoms with E-state index in [1.165, 1.54) is 11.1 Å². The van der Waals surface area contributed by atoms with Crippen molar-refractivity contribution in [3.63, 3.8) is 0 Å². The molecule has 0 spiro atoms. The van der Waals surface area contributed by atoms with Gasteiger partial charge in [0.15, 0.2) is 0 Å². The Morgan fingerprint density at radius 3 is 2.74 bits per heavy atom. The highest BCUT2D eigenvalue weighted by atomic mass is 16.5. The van der Waals surface area contributed by atoms with Crippen LogP contribution >= 0.6 is 0 Å². The largest absolute Gasteiger partial charge is 0.374 e. The summed E-state index contributed by atoms with van der Waals surface area (Å²) >= 11 is 0. The van der Waals surface area contributed by atoms with Gasteiger partial charge in [0, 0.05) is 19.1 Å². The van der Waals surface area contributed by atoms with Crippen molar-refractivity contribution in [1.29, 1.82) is 0 Å². The van der Waals surface area contributed by atoms with Crippen LogP contribution in [0.3, 0.4) is 0 Å². The van der Waals surface area contributed by atoms with Gasteiger partial charge < -0.3 is 10.1 Å². The molecule has 3 heteroatoms. The van der Waals surface area contributed by atoms with Crippen molar-refractivity contribution in [3.8, 4) is 0 Å². The lowest BCUT2D eigenvalue weighted by Crippen LogP contribution is -2.52. The lowest BCUT2D eigenvalue weighted by Gasteiger charge is -2.36. The quantitative estimate of drug-likeness (QED) is 0.876. The molecule has 1 aromatic rings. The van der Waals surface area contributed by atoms with Gasteiger partial charge >= 0.3 is 0 Å². The standard InChI is InChI=1S/C16H26N2O/c1-4-18-9-10-19-16(12-18)15(17-3)11-14-7-5-13(2)6-8-14/h5-8,15-17H,4,9-12H2,1-3H3. The van der Waals surface area contributed by atoms with Gasteiger partial charge in [-0.25, -0.2) is 0 Å². The molecule has 3 nitrogen and oxygen atoms in total. The first-order valence-corrected chi connectivity index (χ1v) is 7.29. The van der Waals surface area contributed by atoms with E-state index in [0.29, 0.717) is 12.1 Å². The third-order valence-electron chi connectivity index (χ3n) is 4.02. The molecule has 1 aromatic carbocycles. The third kappa shape index (κ3) is 4.03. The van der Waals surface area contributed by atoms with Crippen molar-refractivity contribution in [3.05, 3.63) is 35.4 Å². The predicted molar refractivity (Wildman–Crippen MR) is 79.6 cm³/mol. The molecule has 0 aliphatic carbocycles. The summed E-state index contributed by atoms with van der Waals surface area (Å²) in [6.45, 7) is 8.41. The van der Waals surface area contributed by atoms with Crippen molar-refractivity contribution < 1.29 is 4.74 Å². The van der Waals surface area contributed by atoms with Crippen LogP contribution in [0.5, 0.6) is 0 Å². The molecule has 19 heavy (non-hydrogen) atoms. The fourth-order valence-corrected chi connectivity index (χ4v) is 2.66. The van der Waals surface area contributed by atoms with Gasteiger partial charge in [0.05, 0.1) is 12.7 Å². The molecule has 1 aliphatic heterocycles. The van der Waals surface area contributed by atoms with E-state index in [2.05, 4.69) is 48.3 Å². The van der Waals surface area contributed by atoms with E-state index in [4.69, 9.17) is 4.74 Å². The Bertz CT molecular complexity index is 377.